The molecule has 20 heavy (non-hydrogen) atoms. The zero-order valence-electron chi connectivity index (χ0n) is 9.96. The van der Waals surface area contributed by atoms with Gasteiger partial charge in [-0.15, -0.1) is 0 Å². The molecule has 0 unspecified atom stereocenters. The SMILES string of the molecule is NC(=S)c1cc(Br)ccc1NC(=O)COCC(F)(F)F. The first kappa shape index (κ1) is 16.9. The minimum absolute atomic E-state index is 0.0535. The van der Waals surface area contributed by atoms with Crippen molar-refractivity contribution in [3.8, 4) is 0 Å². The number of carbonyl (C=O) groups excluding carboxylic acids is 1. The molecular formula is C11H10BrF3N2O2S. The number of nitrogens with two attached hydrogens (primary N) is 1. The van der Waals surface area contributed by atoms with Gasteiger partial charge in [0.2, 0.25) is 5.91 Å². The lowest BCUT2D eigenvalue weighted by Crippen LogP contribution is -2.25. The fourth-order valence-electron chi connectivity index (χ4n) is 1.28. The lowest BCUT2D eigenvalue weighted by Gasteiger charge is -2.11. The Bertz CT molecular complexity index is 523. The largest absolute Gasteiger partial charge is 0.411 e. The Morgan fingerprint density at radius 1 is 1.45 bits per heavy atom. The summed E-state index contributed by atoms with van der Waals surface area (Å²) in [5.74, 6) is -0.728. The smallest absolute Gasteiger partial charge is 0.389 e. The molecule has 1 rings (SSSR count). The Kier molecular flexibility index (Phi) is 5.90. The average Bonchev–Trinajstić information content (AvgIpc) is 2.29. The van der Waals surface area contributed by atoms with Gasteiger partial charge >= 0.3 is 6.18 Å². The number of thiocarbonyl (C=S) groups is 1. The van der Waals surface area contributed by atoms with Crippen molar-refractivity contribution in [2.75, 3.05) is 18.5 Å². The summed E-state index contributed by atoms with van der Waals surface area (Å²) in [5, 5.41) is 2.39. The molecule has 4 nitrogen and oxygen atoms in total. The first-order valence-electron chi connectivity index (χ1n) is 5.23. The molecule has 1 amide bonds. The number of nitrogens with one attached hydrogen (secondary N) is 1. The summed E-state index contributed by atoms with van der Waals surface area (Å²) in [6.45, 7) is -2.20. The van der Waals surface area contributed by atoms with Crippen molar-refractivity contribution < 1.29 is 22.7 Å². The van der Waals surface area contributed by atoms with Gasteiger partial charge in [-0.1, -0.05) is 28.1 Å². The van der Waals surface area contributed by atoms with Gasteiger partial charge in [-0.25, -0.2) is 0 Å². The maximum absolute atomic E-state index is 11.9. The van der Waals surface area contributed by atoms with Crippen LogP contribution in [-0.2, 0) is 9.53 Å². The van der Waals surface area contributed by atoms with Crippen LogP contribution in [0, 0.1) is 0 Å². The molecule has 110 valence electrons. The van der Waals surface area contributed by atoms with E-state index in [1.807, 2.05) is 0 Å². The number of benzene rings is 1. The fourth-order valence-corrected chi connectivity index (χ4v) is 1.81. The first-order chi connectivity index (χ1) is 9.19. The van der Waals surface area contributed by atoms with Crippen LogP contribution in [0.15, 0.2) is 22.7 Å². The van der Waals surface area contributed by atoms with Crippen molar-refractivity contribution in [1.82, 2.24) is 0 Å². The summed E-state index contributed by atoms with van der Waals surface area (Å²) in [5.41, 5.74) is 6.20. The van der Waals surface area contributed by atoms with E-state index in [0.29, 0.717) is 15.7 Å². The normalized spacial score (nSPS) is 11.2. The number of carbonyl (C=O) groups is 1. The summed E-state index contributed by atoms with van der Waals surface area (Å²) in [7, 11) is 0. The molecule has 9 heteroatoms. The molecule has 0 atom stereocenters. The molecule has 0 heterocycles. The number of ether oxygens (including phenoxy) is 1. The van der Waals surface area contributed by atoms with Crippen LogP contribution in [0.1, 0.15) is 5.56 Å². The van der Waals surface area contributed by atoms with E-state index < -0.39 is 25.3 Å². The van der Waals surface area contributed by atoms with Crippen LogP contribution in [0.4, 0.5) is 18.9 Å². The molecule has 1 aromatic carbocycles. The third kappa shape index (κ3) is 5.85. The highest BCUT2D eigenvalue weighted by Crippen LogP contribution is 2.21. The van der Waals surface area contributed by atoms with Crippen molar-refractivity contribution in [2.45, 2.75) is 6.18 Å². The predicted molar refractivity (Wildman–Crippen MR) is 75.5 cm³/mol. The minimum atomic E-state index is -4.47. The molecule has 0 aromatic heterocycles. The molecule has 1 aromatic rings. The van der Waals surface area contributed by atoms with Crippen molar-refractivity contribution in [1.29, 1.82) is 0 Å². The van der Waals surface area contributed by atoms with Gasteiger partial charge in [0.15, 0.2) is 0 Å². The van der Waals surface area contributed by atoms with E-state index >= 15 is 0 Å². The summed E-state index contributed by atoms with van der Waals surface area (Å²) in [4.78, 5) is 11.5. The molecule has 0 fully saturated rings. The van der Waals surface area contributed by atoms with Crippen LogP contribution in [-0.4, -0.2) is 30.3 Å². The van der Waals surface area contributed by atoms with Crippen LogP contribution in [0.25, 0.3) is 0 Å². The van der Waals surface area contributed by atoms with Crippen molar-refractivity contribution >= 4 is 44.7 Å². The quantitative estimate of drug-likeness (QED) is 0.782. The number of hydrogen-bond acceptors (Lipinski definition) is 3. The molecule has 0 radical (unpaired) electrons. The number of hydrogen-bond donors (Lipinski definition) is 2. The predicted octanol–water partition coefficient (Wildman–Crippen LogP) is 2.60. The molecular weight excluding hydrogens is 361 g/mol. The van der Waals surface area contributed by atoms with Gasteiger partial charge in [-0.05, 0) is 18.2 Å². The number of rotatable bonds is 5. The Hall–Kier alpha value is -1.19. The highest BCUT2D eigenvalue weighted by atomic mass is 79.9. The van der Waals surface area contributed by atoms with Crippen LogP contribution >= 0.6 is 28.1 Å². The van der Waals surface area contributed by atoms with Gasteiger partial charge in [-0.3, -0.25) is 4.79 Å². The molecule has 0 saturated heterocycles. The third-order valence-corrected chi connectivity index (χ3v) is 2.73. The molecule has 0 bridgehead atoms. The number of amides is 1. The van der Waals surface area contributed by atoms with E-state index in [-0.39, 0.29) is 4.99 Å². The summed E-state index contributed by atoms with van der Waals surface area (Å²) in [6, 6.07) is 4.75. The van der Waals surface area contributed by atoms with Gasteiger partial charge in [0.25, 0.3) is 0 Å². The summed E-state index contributed by atoms with van der Waals surface area (Å²) >= 11 is 8.04. The summed E-state index contributed by atoms with van der Waals surface area (Å²) in [6.07, 6.45) is -4.47. The van der Waals surface area contributed by atoms with Gasteiger partial charge in [0.05, 0.1) is 5.69 Å². The van der Waals surface area contributed by atoms with Crippen LogP contribution < -0.4 is 11.1 Å². The Morgan fingerprint density at radius 2 is 2.10 bits per heavy atom. The molecule has 3 N–H and O–H groups in total. The molecule has 0 spiro atoms. The van der Waals surface area contributed by atoms with Gasteiger partial charge in [0, 0.05) is 10.0 Å². The maximum atomic E-state index is 11.9. The molecule has 0 aliphatic heterocycles. The Labute approximate surface area is 126 Å². The van der Waals surface area contributed by atoms with E-state index in [0.717, 1.165) is 0 Å². The zero-order chi connectivity index (χ0) is 15.3. The minimum Gasteiger partial charge on any atom is -0.389 e. The topological polar surface area (TPSA) is 64.3 Å². The number of alkyl halides is 3. The lowest BCUT2D eigenvalue weighted by molar-refractivity contribution is -0.174. The van der Waals surface area contributed by atoms with Crippen LogP contribution in [0.2, 0.25) is 0 Å². The van der Waals surface area contributed by atoms with Gasteiger partial charge < -0.3 is 15.8 Å². The van der Waals surface area contributed by atoms with Crippen LogP contribution in [0.3, 0.4) is 0 Å². The van der Waals surface area contributed by atoms with Crippen LogP contribution in [0.5, 0.6) is 0 Å². The van der Waals surface area contributed by atoms with Crippen molar-refractivity contribution in [2.24, 2.45) is 5.73 Å². The molecule has 0 aliphatic rings. The second-order valence-corrected chi connectivity index (χ2v) is 5.07. The molecule has 0 aliphatic carbocycles. The van der Waals surface area contributed by atoms with Crippen molar-refractivity contribution in [3.05, 3.63) is 28.2 Å². The average molecular weight is 371 g/mol. The van der Waals surface area contributed by atoms with E-state index in [9.17, 15) is 18.0 Å². The lowest BCUT2D eigenvalue weighted by atomic mass is 10.2. The fraction of sp³-hybridized carbons (Fsp3) is 0.273. The van der Waals surface area contributed by atoms with Gasteiger partial charge in [-0.2, -0.15) is 13.2 Å². The van der Waals surface area contributed by atoms with E-state index in [1.165, 1.54) is 6.07 Å². The maximum Gasteiger partial charge on any atom is 0.411 e. The highest BCUT2D eigenvalue weighted by Gasteiger charge is 2.27. The standard InChI is InChI=1S/C11H10BrF3N2O2S/c12-6-1-2-8(7(3-6)10(16)20)17-9(18)4-19-5-11(13,14)15/h1-3H,4-5H2,(H2,16,20)(H,17,18). The third-order valence-electron chi connectivity index (χ3n) is 2.02. The first-order valence-corrected chi connectivity index (χ1v) is 6.43. The number of halogens is 4. The second-order valence-electron chi connectivity index (χ2n) is 3.71. The molecule has 0 saturated carbocycles. The van der Waals surface area contributed by atoms with E-state index in [4.69, 9.17) is 18.0 Å². The van der Waals surface area contributed by atoms with E-state index in [2.05, 4.69) is 26.0 Å². The summed E-state index contributed by atoms with van der Waals surface area (Å²) < 4.78 is 40.5. The van der Waals surface area contributed by atoms with E-state index in [1.54, 1.807) is 12.1 Å². The monoisotopic (exact) mass is 370 g/mol. The Balaban J connectivity index is 2.64. The zero-order valence-corrected chi connectivity index (χ0v) is 12.4. The Morgan fingerprint density at radius 3 is 2.65 bits per heavy atom. The van der Waals surface area contributed by atoms with Gasteiger partial charge in [0.1, 0.15) is 18.2 Å². The number of anilines is 1. The second kappa shape index (κ2) is 7.00. The highest BCUT2D eigenvalue weighted by molar-refractivity contribution is 9.10. The van der Waals surface area contributed by atoms with Crippen molar-refractivity contribution in [3.63, 3.8) is 0 Å².